The number of hydrogen-bond donors (Lipinski definition) is 1. The maximum Gasteiger partial charge on any atom is 0.0377 e. The summed E-state index contributed by atoms with van der Waals surface area (Å²) >= 11 is 1.90. The molecule has 2 aromatic rings. The van der Waals surface area contributed by atoms with Gasteiger partial charge < -0.3 is 5.73 Å². The van der Waals surface area contributed by atoms with Crippen molar-refractivity contribution in [1.29, 1.82) is 0 Å². The SMILES string of the molecule is CCc1ccc(CCc2cnccc2N)s1. The van der Waals surface area contributed by atoms with Gasteiger partial charge in [0.2, 0.25) is 0 Å². The Balaban J connectivity index is 1.99. The number of nitrogens with two attached hydrogens (primary N) is 1. The van der Waals surface area contributed by atoms with Gasteiger partial charge in [-0.2, -0.15) is 0 Å². The van der Waals surface area contributed by atoms with Gasteiger partial charge in [-0.1, -0.05) is 6.92 Å². The summed E-state index contributed by atoms with van der Waals surface area (Å²) in [5.74, 6) is 0. The summed E-state index contributed by atoms with van der Waals surface area (Å²) in [6.07, 6.45) is 6.76. The zero-order valence-corrected chi connectivity index (χ0v) is 10.3. The van der Waals surface area contributed by atoms with Gasteiger partial charge in [0.15, 0.2) is 0 Å². The van der Waals surface area contributed by atoms with Crippen molar-refractivity contribution >= 4 is 17.0 Å². The molecule has 0 spiro atoms. The predicted octanol–water partition coefficient (Wildman–Crippen LogP) is 3.07. The lowest BCUT2D eigenvalue weighted by atomic mass is 10.1. The molecule has 0 unspecified atom stereocenters. The van der Waals surface area contributed by atoms with E-state index in [1.165, 1.54) is 9.75 Å². The molecule has 0 radical (unpaired) electrons. The molecule has 0 aliphatic rings. The molecule has 0 atom stereocenters. The van der Waals surface area contributed by atoms with Gasteiger partial charge in [0, 0.05) is 27.8 Å². The molecule has 2 N–H and O–H groups in total. The Morgan fingerprint density at radius 3 is 2.69 bits per heavy atom. The van der Waals surface area contributed by atoms with Gasteiger partial charge in [-0.25, -0.2) is 0 Å². The first kappa shape index (κ1) is 11.1. The van der Waals surface area contributed by atoms with Gasteiger partial charge in [-0.3, -0.25) is 4.98 Å². The standard InChI is InChI=1S/C13H16N2S/c1-2-11-5-6-12(16-11)4-3-10-9-15-8-7-13(10)14/h5-9H,2-4H2,1H3,(H2,14,15). The number of aryl methyl sites for hydroxylation is 3. The van der Waals surface area contributed by atoms with Crippen molar-refractivity contribution in [2.24, 2.45) is 0 Å². The average molecular weight is 232 g/mol. The second kappa shape index (κ2) is 5.12. The minimum Gasteiger partial charge on any atom is -0.398 e. The van der Waals surface area contributed by atoms with Crippen molar-refractivity contribution in [3.05, 3.63) is 45.9 Å². The number of anilines is 1. The van der Waals surface area contributed by atoms with Crippen molar-refractivity contribution in [3.63, 3.8) is 0 Å². The number of nitrogens with zero attached hydrogens (tertiary/aromatic N) is 1. The molecule has 2 rings (SSSR count). The summed E-state index contributed by atoms with van der Waals surface area (Å²) in [5, 5.41) is 0. The molecule has 2 aromatic heterocycles. The molecule has 0 saturated carbocycles. The fourth-order valence-corrected chi connectivity index (χ4v) is 2.61. The summed E-state index contributed by atoms with van der Waals surface area (Å²) in [5.41, 5.74) is 7.88. The Kier molecular flexibility index (Phi) is 3.57. The van der Waals surface area contributed by atoms with E-state index in [1.807, 2.05) is 23.6 Å². The molecule has 0 amide bonds. The Morgan fingerprint density at radius 2 is 2.00 bits per heavy atom. The third-order valence-corrected chi connectivity index (χ3v) is 3.94. The first-order valence-corrected chi connectivity index (χ1v) is 6.37. The molecule has 2 nitrogen and oxygen atoms in total. The molecule has 0 aromatic carbocycles. The van der Waals surface area contributed by atoms with E-state index in [-0.39, 0.29) is 0 Å². The Morgan fingerprint density at radius 1 is 1.19 bits per heavy atom. The highest BCUT2D eigenvalue weighted by Crippen LogP contribution is 2.20. The van der Waals surface area contributed by atoms with Crippen LogP contribution in [0.2, 0.25) is 0 Å². The molecule has 3 heteroatoms. The van der Waals surface area contributed by atoms with Gasteiger partial charge in [0.25, 0.3) is 0 Å². The molecule has 84 valence electrons. The van der Waals surface area contributed by atoms with Crippen molar-refractivity contribution in [2.75, 3.05) is 5.73 Å². The predicted molar refractivity (Wildman–Crippen MR) is 69.8 cm³/mol. The maximum atomic E-state index is 5.88. The third-order valence-electron chi connectivity index (χ3n) is 2.65. The minimum atomic E-state index is 0.849. The van der Waals surface area contributed by atoms with Gasteiger partial charge in [0.1, 0.15) is 0 Å². The van der Waals surface area contributed by atoms with Gasteiger partial charge in [-0.15, -0.1) is 11.3 Å². The van der Waals surface area contributed by atoms with Crippen molar-refractivity contribution < 1.29 is 0 Å². The lowest BCUT2D eigenvalue weighted by Crippen LogP contribution is -1.96. The van der Waals surface area contributed by atoms with Crippen molar-refractivity contribution in [3.8, 4) is 0 Å². The van der Waals surface area contributed by atoms with Crippen LogP contribution in [-0.4, -0.2) is 4.98 Å². The summed E-state index contributed by atoms with van der Waals surface area (Å²) in [6, 6.07) is 6.30. The van der Waals surface area contributed by atoms with Crippen LogP contribution in [-0.2, 0) is 19.3 Å². The first-order chi connectivity index (χ1) is 7.79. The van der Waals surface area contributed by atoms with Crippen LogP contribution in [0, 0.1) is 0 Å². The molecule has 0 aliphatic heterocycles. The summed E-state index contributed by atoms with van der Waals surface area (Å²) in [7, 11) is 0. The summed E-state index contributed by atoms with van der Waals surface area (Å²) < 4.78 is 0. The molecule has 0 saturated heterocycles. The lowest BCUT2D eigenvalue weighted by Gasteiger charge is -2.02. The van der Waals surface area contributed by atoms with E-state index < -0.39 is 0 Å². The van der Waals surface area contributed by atoms with E-state index in [2.05, 4.69) is 24.0 Å². The monoisotopic (exact) mass is 232 g/mol. The number of nitrogen functional groups attached to an aromatic ring is 1. The first-order valence-electron chi connectivity index (χ1n) is 5.55. The van der Waals surface area contributed by atoms with E-state index in [9.17, 15) is 0 Å². The highest BCUT2D eigenvalue weighted by Gasteiger charge is 2.02. The van der Waals surface area contributed by atoms with Crippen LogP contribution in [0.1, 0.15) is 22.2 Å². The second-order valence-corrected chi connectivity index (χ2v) is 5.05. The average Bonchev–Trinajstić information content (AvgIpc) is 2.76. The Labute approximate surface area is 100 Å². The highest BCUT2D eigenvalue weighted by molar-refractivity contribution is 7.11. The Bertz CT molecular complexity index is 462. The normalized spacial score (nSPS) is 10.6. The fourth-order valence-electron chi connectivity index (χ4n) is 1.65. The smallest absolute Gasteiger partial charge is 0.0377 e. The van der Waals surface area contributed by atoms with Crippen molar-refractivity contribution in [1.82, 2.24) is 4.98 Å². The number of hydrogen-bond acceptors (Lipinski definition) is 3. The number of rotatable bonds is 4. The zero-order valence-electron chi connectivity index (χ0n) is 9.44. The third kappa shape index (κ3) is 2.61. The number of thiophene rings is 1. The minimum absolute atomic E-state index is 0.849. The van der Waals surface area contributed by atoms with Gasteiger partial charge >= 0.3 is 0 Å². The van der Waals surface area contributed by atoms with E-state index in [0.717, 1.165) is 30.5 Å². The van der Waals surface area contributed by atoms with Gasteiger partial charge in [0.05, 0.1) is 0 Å². The van der Waals surface area contributed by atoms with Crippen molar-refractivity contribution in [2.45, 2.75) is 26.2 Å². The van der Waals surface area contributed by atoms with Gasteiger partial charge in [-0.05, 0) is 43.0 Å². The van der Waals surface area contributed by atoms with Crippen LogP contribution in [0.25, 0.3) is 0 Å². The van der Waals surface area contributed by atoms with Crippen LogP contribution in [0.4, 0.5) is 5.69 Å². The molecular weight excluding hydrogens is 216 g/mol. The molecule has 0 aliphatic carbocycles. The molecule has 0 bridgehead atoms. The van der Waals surface area contributed by atoms with Crippen LogP contribution in [0.15, 0.2) is 30.6 Å². The fraction of sp³-hybridized carbons (Fsp3) is 0.308. The number of pyridine rings is 1. The van der Waals surface area contributed by atoms with E-state index >= 15 is 0 Å². The molecular formula is C13H16N2S. The summed E-state index contributed by atoms with van der Waals surface area (Å²) in [6.45, 7) is 2.19. The topological polar surface area (TPSA) is 38.9 Å². The largest absolute Gasteiger partial charge is 0.398 e. The van der Waals surface area contributed by atoms with E-state index in [1.54, 1.807) is 6.20 Å². The molecule has 0 fully saturated rings. The second-order valence-electron chi connectivity index (χ2n) is 3.80. The zero-order chi connectivity index (χ0) is 11.4. The maximum absolute atomic E-state index is 5.88. The van der Waals surface area contributed by atoms with Crippen LogP contribution in [0.3, 0.4) is 0 Å². The quantitative estimate of drug-likeness (QED) is 0.880. The molecule has 16 heavy (non-hydrogen) atoms. The highest BCUT2D eigenvalue weighted by atomic mass is 32.1. The van der Waals surface area contributed by atoms with Crippen LogP contribution >= 0.6 is 11.3 Å². The van der Waals surface area contributed by atoms with Crippen LogP contribution < -0.4 is 5.73 Å². The lowest BCUT2D eigenvalue weighted by molar-refractivity contribution is 0.972. The summed E-state index contributed by atoms with van der Waals surface area (Å²) in [4.78, 5) is 6.99. The number of aromatic nitrogens is 1. The van der Waals surface area contributed by atoms with E-state index in [4.69, 9.17) is 5.73 Å². The molecule has 2 heterocycles. The van der Waals surface area contributed by atoms with E-state index in [0.29, 0.717) is 0 Å². The Hall–Kier alpha value is -1.35. The van der Waals surface area contributed by atoms with Crippen LogP contribution in [0.5, 0.6) is 0 Å².